The van der Waals surface area contributed by atoms with Crippen LogP contribution in [-0.4, -0.2) is 42.6 Å². The molecule has 22 heavy (non-hydrogen) atoms. The van der Waals surface area contributed by atoms with E-state index in [0.717, 1.165) is 25.2 Å². The molecule has 1 saturated heterocycles. The molecule has 2 rings (SSSR count). The van der Waals surface area contributed by atoms with Crippen LogP contribution in [0.4, 0.5) is 5.69 Å². The molecule has 0 radical (unpaired) electrons. The van der Waals surface area contributed by atoms with E-state index in [2.05, 4.69) is 36.2 Å². The lowest BCUT2D eigenvalue weighted by Gasteiger charge is -2.34. The van der Waals surface area contributed by atoms with Gasteiger partial charge < -0.3 is 10.1 Å². The standard InChI is InChI=1S/C18H28N2O2/c1-5-13(2)16-6-8-17(9-7-16)19-18(21)12-20-10-14(3)22-15(4)11-20/h6-9,13-15H,5,10-12H2,1-4H3,(H,19,21)/t13-,14-,15+/m0/s1. The first kappa shape index (κ1) is 17.0. The Morgan fingerprint density at radius 3 is 2.41 bits per heavy atom. The van der Waals surface area contributed by atoms with Gasteiger partial charge in [-0.05, 0) is 43.9 Å². The number of nitrogens with one attached hydrogen (secondary N) is 1. The van der Waals surface area contributed by atoms with Crippen LogP contribution in [0, 0.1) is 0 Å². The second-order valence-electron chi connectivity index (χ2n) is 6.43. The largest absolute Gasteiger partial charge is 0.373 e. The first-order valence-electron chi connectivity index (χ1n) is 8.25. The summed E-state index contributed by atoms with van der Waals surface area (Å²) in [7, 11) is 0. The molecule has 122 valence electrons. The number of amides is 1. The zero-order valence-corrected chi connectivity index (χ0v) is 14.1. The van der Waals surface area contributed by atoms with Gasteiger partial charge >= 0.3 is 0 Å². The Hall–Kier alpha value is -1.39. The number of nitrogens with zero attached hydrogens (tertiary/aromatic N) is 1. The van der Waals surface area contributed by atoms with Gasteiger partial charge in [0, 0.05) is 18.8 Å². The third-order valence-electron chi connectivity index (χ3n) is 4.24. The van der Waals surface area contributed by atoms with Crippen molar-refractivity contribution in [2.24, 2.45) is 0 Å². The lowest BCUT2D eigenvalue weighted by Crippen LogP contribution is -2.48. The third kappa shape index (κ3) is 4.82. The van der Waals surface area contributed by atoms with Crippen molar-refractivity contribution < 1.29 is 9.53 Å². The summed E-state index contributed by atoms with van der Waals surface area (Å²) >= 11 is 0. The predicted molar refractivity (Wildman–Crippen MR) is 90.2 cm³/mol. The minimum absolute atomic E-state index is 0.0394. The number of hydrogen-bond acceptors (Lipinski definition) is 3. The average Bonchev–Trinajstić information content (AvgIpc) is 2.46. The van der Waals surface area contributed by atoms with Crippen molar-refractivity contribution >= 4 is 11.6 Å². The van der Waals surface area contributed by atoms with Gasteiger partial charge in [-0.2, -0.15) is 0 Å². The van der Waals surface area contributed by atoms with Crippen LogP contribution in [0.3, 0.4) is 0 Å². The van der Waals surface area contributed by atoms with E-state index in [9.17, 15) is 4.79 Å². The molecule has 1 aliphatic heterocycles. The molecule has 1 fully saturated rings. The maximum Gasteiger partial charge on any atom is 0.238 e. The fourth-order valence-electron chi connectivity index (χ4n) is 2.95. The van der Waals surface area contributed by atoms with Crippen LogP contribution < -0.4 is 5.32 Å². The van der Waals surface area contributed by atoms with Gasteiger partial charge in [0.1, 0.15) is 0 Å². The lowest BCUT2D eigenvalue weighted by atomic mass is 9.99. The second-order valence-corrected chi connectivity index (χ2v) is 6.43. The topological polar surface area (TPSA) is 41.6 Å². The van der Waals surface area contributed by atoms with E-state index in [1.807, 2.05) is 26.0 Å². The molecule has 0 aromatic heterocycles. The number of carbonyl (C=O) groups excluding carboxylic acids is 1. The quantitative estimate of drug-likeness (QED) is 0.908. The van der Waals surface area contributed by atoms with Gasteiger partial charge in [-0.1, -0.05) is 26.0 Å². The Bertz CT molecular complexity index is 476. The van der Waals surface area contributed by atoms with Crippen molar-refractivity contribution in [1.29, 1.82) is 0 Å². The molecule has 1 aliphatic rings. The highest BCUT2D eigenvalue weighted by Crippen LogP contribution is 2.20. The van der Waals surface area contributed by atoms with Crippen molar-refractivity contribution in [2.75, 3.05) is 25.0 Å². The van der Waals surface area contributed by atoms with Crippen LogP contribution in [0.15, 0.2) is 24.3 Å². The molecule has 1 heterocycles. The Morgan fingerprint density at radius 2 is 1.86 bits per heavy atom. The van der Waals surface area contributed by atoms with E-state index in [0.29, 0.717) is 12.5 Å². The Labute approximate surface area is 133 Å². The molecule has 3 atom stereocenters. The van der Waals surface area contributed by atoms with Crippen LogP contribution in [0.25, 0.3) is 0 Å². The number of morpholine rings is 1. The van der Waals surface area contributed by atoms with Gasteiger partial charge in [-0.3, -0.25) is 9.69 Å². The average molecular weight is 304 g/mol. The molecule has 0 aliphatic carbocycles. The van der Waals surface area contributed by atoms with Crippen molar-refractivity contribution in [3.63, 3.8) is 0 Å². The first-order chi connectivity index (χ1) is 10.5. The summed E-state index contributed by atoms with van der Waals surface area (Å²) < 4.78 is 5.69. The van der Waals surface area contributed by atoms with E-state index in [1.165, 1.54) is 5.56 Å². The number of ether oxygens (including phenoxy) is 1. The highest BCUT2D eigenvalue weighted by molar-refractivity contribution is 5.92. The molecule has 1 aromatic carbocycles. The minimum atomic E-state index is 0.0394. The molecule has 0 unspecified atom stereocenters. The molecule has 4 heteroatoms. The smallest absolute Gasteiger partial charge is 0.238 e. The summed E-state index contributed by atoms with van der Waals surface area (Å²) in [5.41, 5.74) is 2.18. The van der Waals surface area contributed by atoms with Gasteiger partial charge in [0.25, 0.3) is 0 Å². The Balaban J connectivity index is 1.86. The maximum absolute atomic E-state index is 12.2. The Morgan fingerprint density at radius 1 is 1.27 bits per heavy atom. The Kier molecular flexibility index (Phi) is 5.98. The molecule has 0 saturated carbocycles. The summed E-state index contributed by atoms with van der Waals surface area (Å²) in [6.07, 6.45) is 1.50. The van der Waals surface area contributed by atoms with Crippen molar-refractivity contribution in [1.82, 2.24) is 4.90 Å². The molecular formula is C18H28N2O2. The van der Waals surface area contributed by atoms with E-state index in [-0.39, 0.29) is 18.1 Å². The van der Waals surface area contributed by atoms with Crippen molar-refractivity contribution in [3.05, 3.63) is 29.8 Å². The highest BCUT2D eigenvalue weighted by atomic mass is 16.5. The van der Waals surface area contributed by atoms with Gasteiger partial charge in [0.15, 0.2) is 0 Å². The second kappa shape index (κ2) is 7.75. The lowest BCUT2D eigenvalue weighted by molar-refractivity contribution is -0.121. The first-order valence-corrected chi connectivity index (χ1v) is 8.25. The molecule has 1 amide bonds. The zero-order valence-electron chi connectivity index (χ0n) is 14.1. The SMILES string of the molecule is CC[C@H](C)c1ccc(NC(=O)CN2C[C@@H](C)O[C@@H](C)C2)cc1. The molecular weight excluding hydrogens is 276 g/mol. The summed E-state index contributed by atoms with van der Waals surface area (Å²) in [6.45, 7) is 10.5. The molecule has 1 aromatic rings. The number of benzene rings is 1. The van der Waals surface area contributed by atoms with Gasteiger partial charge in [0.05, 0.1) is 18.8 Å². The molecule has 0 bridgehead atoms. The predicted octanol–water partition coefficient (Wildman–Crippen LogP) is 3.25. The van der Waals surface area contributed by atoms with Crippen LogP contribution in [0.2, 0.25) is 0 Å². The number of hydrogen-bond donors (Lipinski definition) is 1. The highest BCUT2D eigenvalue weighted by Gasteiger charge is 2.23. The van der Waals surface area contributed by atoms with Crippen molar-refractivity contribution in [2.45, 2.75) is 52.2 Å². The maximum atomic E-state index is 12.2. The van der Waals surface area contributed by atoms with E-state index < -0.39 is 0 Å². The minimum Gasteiger partial charge on any atom is -0.373 e. The van der Waals surface area contributed by atoms with Gasteiger partial charge in [0.2, 0.25) is 5.91 Å². The number of carbonyl (C=O) groups is 1. The van der Waals surface area contributed by atoms with Crippen molar-refractivity contribution in [3.8, 4) is 0 Å². The number of rotatable bonds is 5. The third-order valence-corrected chi connectivity index (χ3v) is 4.24. The zero-order chi connectivity index (χ0) is 16.1. The van der Waals surface area contributed by atoms with E-state index in [4.69, 9.17) is 4.74 Å². The van der Waals surface area contributed by atoms with Crippen LogP contribution in [0.1, 0.15) is 45.6 Å². The van der Waals surface area contributed by atoms with E-state index in [1.54, 1.807) is 0 Å². The van der Waals surface area contributed by atoms with Gasteiger partial charge in [-0.15, -0.1) is 0 Å². The van der Waals surface area contributed by atoms with Gasteiger partial charge in [-0.25, -0.2) is 0 Å². The molecule has 1 N–H and O–H groups in total. The van der Waals surface area contributed by atoms with Crippen LogP contribution >= 0.6 is 0 Å². The van der Waals surface area contributed by atoms with Crippen LogP contribution in [0.5, 0.6) is 0 Å². The number of anilines is 1. The fraction of sp³-hybridized carbons (Fsp3) is 0.611. The monoisotopic (exact) mass is 304 g/mol. The summed E-state index contributed by atoms with van der Waals surface area (Å²) in [4.78, 5) is 14.3. The van der Waals surface area contributed by atoms with Crippen LogP contribution in [-0.2, 0) is 9.53 Å². The summed E-state index contributed by atoms with van der Waals surface area (Å²) in [5.74, 6) is 0.596. The molecule has 0 spiro atoms. The molecule has 4 nitrogen and oxygen atoms in total. The van der Waals surface area contributed by atoms with E-state index >= 15 is 0 Å². The summed E-state index contributed by atoms with van der Waals surface area (Å²) in [5, 5.41) is 2.98. The fourth-order valence-corrected chi connectivity index (χ4v) is 2.95. The summed E-state index contributed by atoms with van der Waals surface area (Å²) in [6, 6.07) is 8.18. The normalized spacial score (nSPS) is 24.0.